The molecule has 1 aromatic heterocycles. The molecule has 0 unspecified atom stereocenters. The van der Waals surface area contributed by atoms with Crippen LogP contribution in [-0.2, 0) is 20.7 Å². The van der Waals surface area contributed by atoms with Crippen LogP contribution in [0.25, 0.3) is 0 Å². The number of hydrogen-bond acceptors (Lipinski definition) is 7. The van der Waals surface area contributed by atoms with Gasteiger partial charge in [0.2, 0.25) is 11.8 Å². The molecular weight excluding hydrogens is 400 g/mol. The van der Waals surface area contributed by atoms with Crippen molar-refractivity contribution < 1.29 is 14.3 Å². The molecule has 2 fully saturated rings. The molecule has 7 nitrogen and oxygen atoms in total. The molecule has 4 rings (SSSR count). The quantitative estimate of drug-likeness (QED) is 0.553. The van der Waals surface area contributed by atoms with Gasteiger partial charge in [-0.05, 0) is 56.7 Å². The number of ether oxygens (including phenoxy) is 2. The van der Waals surface area contributed by atoms with Crippen molar-refractivity contribution in [2.45, 2.75) is 63.0 Å². The molecule has 0 bridgehead atoms. The number of aliphatic imine (C=N–C) groups is 2. The van der Waals surface area contributed by atoms with Crippen molar-refractivity contribution in [2.75, 3.05) is 33.4 Å². The molecule has 2 aliphatic carbocycles. The molecule has 2 N–H and O–H groups in total. The summed E-state index contributed by atoms with van der Waals surface area (Å²) in [7, 11) is 1.77. The highest BCUT2D eigenvalue weighted by molar-refractivity contribution is 7.16. The van der Waals surface area contributed by atoms with E-state index >= 15 is 0 Å². The van der Waals surface area contributed by atoms with Crippen molar-refractivity contribution in [1.82, 2.24) is 4.90 Å². The summed E-state index contributed by atoms with van der Waals surface area (Å²) in [6, 6.07) is 0.631. The highest BCUT2D eigenvalue weighted by atomic mass is 32.1. The number of aryl methyl sites for hydroxylation is 1. The average molecular weight is 433 g/mol. The topological polar surface area (TPSA) is 89.5 Å². The summed E-state index contributed by atoms with van der Waals surface area (Å²) in [5.74, 6) is 0.494. The van der Waals surface area contributed by atoms with Crippen LogP contribution < -0.4 is 5.73 Å². The monoisotopic (exact) mass is 432 g/mol. The van der Waals surface area contributed by atoms with E-state index in [9.17, 15) is 4.79 Å². The van der Waals surface area contributed by atoms with E-state index in [-0.39, 0.29) is 17.9 Å². The molecule has 3 aliphatic rings. The molecule has 164 valence electrons. The summed E-state index contributed by atoms with van der Waals surface area (Å²) in [5.41, 5.74) is 7.60. The Morgan fingerprint density at radius 1 is 1.27 bits per heavy atom. The van der Waals surface area contributed by atoms with E-state index in [4.69, 9.17) is 15.2 Å². The van der Waals surface area contributed by atoms with Crippen LogP contribution in [0.15, 0.2) is 9.98 Å². The number of nitrogens with two attached hydrogens (primary N) is 1. The lowest BCUT2D eigenvalue weighted by Crippen LogP contribution is -2.45. The van der Waals surface area contributed by atoms with Gasteiger partial charge in [0.15, 0.2) is 0 Å². The highest BCUT2D eigenvalue weighted by Crippen LogP contribution is 2.48. The average Bonchev–Trinajstić information content (AvgIpc) is 3.32. The number of fused-ring (bicyclic) bond motifs is 1. The largest absolute Gasteiger partial charge is 0.474 e. The molecule has 1 saturated carbocycles. The zero-order valence-corrected chi connectivity index (χ0v) is 18.6. The number of hydrogen-bond donors (Lipinski definition) is 1. The van der Waals surface area contributed by atoms with E-state index < -0.39 is 0 Å². The summed E-state index contributed by atoms with van der Waals surface area (Å²) in [6.45, 7) is 7.52. The molecule has 30 heavy (non-hydrogen) atoms. The Bertz CT molecular complexity index is 808. The fraction of sp³-hybridized carbons (Fsp3) is 0.682. The van der Waals surface area contributed by atoms with Crippen molar-refractivity contribution in [3.05, 3.63) is 16.0 Å². The second-order valence-electron chi connectivity index (χ2n) is 8.41. The smallest absolute Gasteiger partial charge is 0.219 e. The maximum atomic E-state index is 11.6. The van der Waals surface area contributed by atoms with Gasteiger partial charge in [-0.3, -0.25) is 19.7 Å². The number of amides is 1. The maximum Gasteiger partial charge on any atom is 0.219 e. The van der Waals surface area contributed by atoms with Gasteiger partial charge >= 0.3 is 0 Å². The van der Waals surface area contributed by atoms with Gasteiger partial charge < -0.3 is 15.2 Å². The lowest BCUT2D eigenvalue weighted by atomic mass is 9.91. The predicted octanol–water partition coefficient (Wildman–Crippen LogP) is 3.02. The summed E-state index contributed by atoms with van der Waals surface area (Å²) in [6.07, 6.45) is 6.72. The van der Waals surface area contributed by atoms with Gasteiger partial charge in [0.05, 0.1) is 18.8 Å². The third-order valence-electron chi connectivity index (χ3n) is 6.62. The van der Waals surface area contributed by atoms with E-state index in [0.717, 1.165) is 81.0 Å². The minimum absolute atomic E-state index is 0.122. The third-order valence-corrected chi connectivity index (χ3v) is 7.82. The van der Waals surface area contributed by atoms with Crippen LogP contribution in [0.1, 0.15) is 60.4 Å². The summed E-state index contributed by atoms with van der Waals surface area (Å²) >= 11 is 1.64. The second kappa shape index (κ2) is 9.58. The van der Waals surface area contributed by atoms with Gasteiger partial charge in [-0.15, -0.1) is 11.3 Å². The minimum atomic E-state index is -0.268. The van der Waals surface area contributed by atoms with Gasteiger partial charge in [-0.2, -0.15) is 0 Å². The number of carbonyl (C=O) groups excluding carboxylic acids is 1. The van der Waals surface area contributed by atoms with Crippen LogP contribution >= 0.6 is 11.3 Å². The molecule has 8 heteroatoms. The van der Waals surface area contributed by atoms with Crippen LogP contribution in [0.4, 0.5) is 5.00 Å². The number of carbonyl (C=O) groups is 1. The van der Waals surface area contributed by atoms with Crippen molar-refractivity contribution in [1.29, 1.82) is 0 Å². The first-order valence-corrected chi connectivity index (χ1v) is 11.8. The number of thiophene rings is 1. The molecule has 0 radical (unpaired) electrons. The zero-order valence-electron chi connectivity index (χ0n) is 17.8. The van der Waals surface area contributed by atoms with Gasteiger partial charge in [0, 0.05) is 37.5 Å². The van der Waals surface area contributed by atoms with Crippen molar-refractivity contribution >= 4 is 34.9 Å². The van der Waals surface area contributed by atoms with Gasteiger partial charge in [0.1, 0.15) is 11.1 Å². The molecule has 1 atom stereocenters. The molecule has 0 aromatic carbocycles. The number of nitrogens with zero attached hydrogens (tertiary/aromatic N) is 3. The van der Waals surface area contributed by atoms with E-state index in [2.05, 4.69) is 21.6 Å². The molecule has 1 saturated heterocycles. The Kier molecular flexibility index (Phi) is 6.85. The van der Waals surface area contributed by atoms with E-state index in [1.165, 1.54) is 4.88 Å². The fourth-order valence-electron chi connectivity index (χ4n) is 5.16. The number of primary amides is 1. The summed E-state index contributed by atoms with van der Waals surface area (Å²) in [4.78, 5) is 24.2. The van der Waals surface area contributed by atoms with Crippen LogP contribution in [0.3, 0.4) is 0 Å². The molecule has 2 heterocycles. The third kappa shape index (κ3) is 4.45. The summed E-state index contributed by atoms with van der Waals surface area (Å²) < 4.78 is 11.9. The van der Waals surface area contributed by atoms with Crippen LogP contribution in [0, 0.1) is 0 Å². The highest BCUT2D eigenvalue weighted by Gasteiger charge is 2.35. The first-order valence-electron chi connectivity index (χ1n) is 11.0. The lowest BCUT2D eigenvalue weighted by molar-refractivity contribution is -0.118. The first-order chi connectivity index (χ1) is 14.6. The van der Waals surface area contributed by atoms with E-state index in [1.807, 2.05) is 0 Å². The Morgan fingerprint density at radius 2 is 2.00 bits per heavy atom. The Balaban J connectivity index is 1.46. The Hall–Kier alpha value is -1.77. The minimum Gasteiger partial charge on any atom is -0.474 e. The first kappa shape index (κ1) is 21.5. The second-order valence-corrected chi connectivity index (χ2v) is 9.49. The van der Waals surface area contributed by atoms with E-state index in [0.29, 0.717) is 18.4 Å². The SMILES string of the molecule is C=Nc1sc2c(c1C(=NC)OC1CCC(N3CCOCC3)CC1)[C@@H](CC(N)=O)CC2. The van der Waals surface area contributed by atoms with Crippen LogP contribution in [0.5, 0.6) is 0 Å². The van der Waals surface area contributed by atoms with Crippen molar-refractivity contribution in [3.8, 4) is 0 Å². The van der Waals surface area contributed by atoms with E-state index in [1.54, 1.807) is 18.4 Å². The Morgan fingerprint density at radius 3 is 2.63 bits per heavy atom. The molecule has 1 aromatic rings. The lowest BCUT2D eigenvalue weighted by Gasteiger charge is -2.38. The zero-order chi connectivity index (χ0) is 21.1. The van der Waals surface area contributed by atoms with Crippen LogP contribution in [0.2, 0.25) is 0 Å². The van der Waals surface area contributed by atoms with Crippen molar-refractivity contribution in [3.63, 3.8) is 0 Å². The molecule has 0 spiro atoms. The molecular formula is C22H32N4O3S. The summed E-state index contributed by atoms with van der Waals surface area (Å²) in [5, 5.41) is 0.844. The number of rotatable bonds is 6. The predicted molar refractivity (Wildman–Crippen MR) is 120 cm³/mol. The van der Waals surface area contributed by atoms with Crippen LogP contribution in [-0.4, -0.2) is 68.9 Å². The molecule has 1 amide bonds. The van der Waals surface area contributed by atoms with Crippen molar-refractivity contribution in [2.24, 2.45) is 15.7 Å². The maximum absolute atomic E-state index is 11.6. The normalized spacial score (nSPS) is 27.6. The van der Waals surface area contributed by atoms with Gasteiger partial charge in [-0.25, -0.2) is 0 Å². The number of morpholine rings is 1. The molecule has 1 aliphatic heterocycles. The van der Waals surface area contributed by atoms with Gasteiger partial charge in [0.25, 0.3) is 0 Å². The van der Waals surface area contributed by atoms with Gasteiger partial charge in [-0.1, -0.05) is 0 Å². The fourth-order valence-corrected chi connectivity index (χ4v) is 6.36. The Labute approximate surface area is 182 Å². The standard InChI is InChI=1S/C22H32N4O3S/c1-24-21(29-16-6-4-15(5-7-16)26-9-11-28-12-10-26)20-19-14(13-18(23)27)3-8-17(19)30-22(20)25-2/h14-16H,2-13H2,1H3,(H2,23,27)/t14-,15?,16?/m1/s1.